The molecule has 3 rings (SSSR count). The zero-order valence-corrected chi connectivity index (χ0v) is 11.7. The lowest BCUT2D eigenvalue weighted by Crippen LogP contribution is -2.12. The highest BCUT2D eigenvalue weighted by Crippen LogP contribution is 2.21. The molecule has 0 fully saturated rings. The molecular formula is C16H12N4O2. The molecule has 0 saturated carbocycles. The van der Waals surface area contributed by atoms with E-state index in [1.165, 1.54) is 6.07 Å². The molecular weight excluding hydrogens is 280 g/mol. The third kappa shape index (κ3) is 2.47. The van der Waals surface area contributed by atoms with Gasteiger partial charge in [-0.1, -0.05) is 6.07 Å². The minimum Gasteiger partial charge on any atom is -0.322 e. The van der Waals surface area contributed by atoms with Gasteiger partial charge in [-0.2, -0.15) is 5.26 Å². The van der Waals surface area contributed by atoms with Crippen LogP contribution in [0.15, 0.2) is 41.2 Å². The number of fused-ring (bicyclic) bond motifs is 1. The number of hydrogen-bond donors (Lipinski definition) is 3. The van der Waals surface area contributed by atoms with Crippen LogP contribution < -0.4 is 11.0 Å². The van der Waals surface area contributed by atoms with Gasteiger partial charge in [0.25, 0.3) is 5.91 Å². The number of rotatable bonds is 2. The molecule has 0 aliphatic heterocycles. The molecule has 6 heteroatoms. The second-order valence-electron chi connectivity index (χ2n) is 4.94. The van der Waals surface area contributed by atoms with Gasteiger partial charge < -0.3 is 15.3 Å². The van der Waals surface area contributed by atoms with Gasteiger partial charge in [0.1, 0.15) is 0 Å². The number of nitrogens with one attached hydrogen (secondary N) is 3. The number of aromatic amines is 2. The van der Waals surface area contributed by atoms with Gasteiger partial charge in [0, 0.05) is 11.3 Å². The predicted molar refractivity (Wildman–Crippen MR) is 82.8 cm³/mol. The Hall–Kier alpha value is -3.33. The summed E-state index contributed by atoms with van der Waals surface area (Å²) in [6.45, 7) is 1.84. The Morgan fingerprint density at radius 2 is 1.91 bits per heavy atom. The van der Waals surface area contributed by atoms with Crippen molar-refractivity contribution in [2.75, 3.05) is 5.32 Å². The van der Waals surface area contributed by atoms with E-state index in [4.69, 9.17) is 5.26 Å². The zero-order chi connectivity index (χ0) is 15.7. The third-order valence-electron chi connectivity index (χ3n) is 3.36. The van der Waals surface area contributed by atoms with Crippen molar-refractivity contribution in [3.63, 3.8) is 0 Å². The molecule has 0 radical (unpaired) electrons. The van der Waals surface area contributed by atoms with Crippen molar-refractivity contribution in [2.24, 2.45) is 0 Å². The summed E-state index contributed by atoms with van der Waals surface area (Å²) in [6, 6.07) is 12.0. The molecule has 0 aliphatic rings. The predicted octanol–water partition coefficient (Wildman–Crippen LogP) is 2.29. The van der Waals surface area contributed by atoms with E-state index in [1.807, 2.05) is 13.0 Å². The Bertz CT molecular complexity index is 976. The van der Waals surface area contributed by atoms with E-state index in [0.29, 0.717) is 27.8 Å². The van der Waals surface area contributed by atoms with Crippen LogP contribution in [0, 0.1) is 18.3 Å². The van der Waals surface area contributed by atoms with Gasteiger partial charge in [0.05, 0.1) is 22.7 Å². The highest BCUT2D eigenvalue weighted by Gasteiger charge is 2.10. The Labute approximate surface area is 125 Å². The van der Waals surface area contributed by atoms with Gasteiger partial charge in [-0.3, -0.25) is 4.79 Å². The molecule has 1 amide bonds. The summed E-state index contributed by atoms with van der Waals surface area (Å²) in [4.78, 5) is 28.9. The summed E-state index contributed by atoms with van der Waals surface area (Å²) >= 11 is 0. The molecule has 3 aromatic rings. The van der Waals surface area contributed by atoms with Gasteiger partial charge in [0.15, 0.2) is 0 Å². The summed E-state index contributed by atoms with van der Waals surface area (Å²) in [6.07, 6.45) is 0. The molecule has 108 valence electrons. The minimum absolute atomic E-state index is 0.292. The lowest BCUT2D eigenvalue weighted by molar-refractivity contribution is 0.102. The monoisotopic (exact) mass is 292 g/mol. The fourth-order valence-electron chi connectivity index (χ4n) is 2.25. The zero-order valence-electron chi connectivity index (χ0n) is 11.7. The highest BCUT2D eigenvalue weighted by molar-refractivity contribution is 6.05. The number of aromatic nitrogens is 2. The highest BCUT2D eigenvalue weighted by atomic mass is 16.2. The standard InChI is InChI=1S/C16H12N4O2/c1-9-5-13-14(20-16(22)19-13)7-12(9)18-15(21)11-4-2-3-10(6-11)8-17/h2-7H,1H3,(H,18,21)(H2,19,20,22). The topological polar surface area (TPSA) is 102 Å². The molecule has 3 N–H and O–H groups in total. The van der Waals surface area contributed by atoms with Crippen molar-refractivity contribution in [1.82, 2.24) is 9.97 Å². The van der Waals surface area contributed by atoms with Gasteiger partial charge in [-0.05, 0) is 42.8 Å². The van der Waals surface area contributed by atoms with E-state index in [-0.39, 0.29) is 11.6 Å². The van der Waals surface area contributed by atoms with E-state index in [1.54, 1.807) is 30.3 Å². The first-order valence-corrected chi connectivity index (χ1v) is 6.61. The lowest BCUT2D eigenvalue weighted by Gasteiger charge is -2.09. The molecule has 2 aromatic carbocycles. The molecule has 1 aromatic heterocycles. The second kappa shape index (κ2) is 5.22. The Morgan fingerprint density at radius 1 is 1.18 bits per heavy atom. The van der Waals surface area contributed by atoms with Crippen LogP contribution >= 0.6 is 0 Å². The summed E-state index contributed by atoms with van der Waals surface area (Å²) in [5, 5.41) is 11.7. The third-order valence-corrected chi connectivity index (χ3v) is 3.36. The van der Waals surface area contributed by atoms with E-state index < -0.39 is 0 Å². The number of aryl methyl sites for hydroxylation is 1. The van der Waals surface area contributed by atoms with Crippen molar-refractivity contribution in [3.8, 4) is 6.07 Å². The molecule has 0 spiro atoms. The Morgan fingerprint density at radius 3 is 2.64 bits per heavy atom. The second-order valence-corrected chi connectivity index (χ2v) is 4.94. The van der Waals surface area contributed by atoms with Crippen LogP contribution in [0.3, 0.4) is 0 Å². The van der Waals surface area contributed by atoms with Crippen LogP contribution in [0.25, 0.3) is 11.0 Å². The summed E-state index contributed by atoms with van der Waals surface area (Å²) in [7, 11) is 0. The Balaban J connectivity index is 1.95. The molecule has 22 heavy (non-hydrogen) atoms. The van der Waals surface area contributed by atoms with Crippen molar-refractivity contribution in [2.45, 2.75) is 6.92 Å². The van der Waals surface area contributed by atoms with Crippen LogP contribution in [-0.4, -0.2) is 15.9 Å². The first-order chi connectivity index (χ1) is 10.6. The van der Waals surface area contributed by atoms with E-state index >= 15 is 0 Å². The van der Waals surface area contributed by atoms with E-state index in [2.05, 4.69) is 15.3 Å². The van der Waals surface area contributed by atoms with Gasteiger partial charge in [0.2, 0.25) is 0 Å². The Kier molecular flexibility index (Phi) is 3.24. The van der Waals surface area contributed by atoms with Crippen LogP contribution in [0.1, 0.15) is 21.5 Å². The number of nitrogens with zero attached hydrogens (tertiary/aromatic N) is 1. The average Bonchev–Trinajstić information content (AvgIpc) is 2.86. The lowest BCUT2D eigenvalue weighted by atomic mass is 10.1. The maximum atomic E-state index is 12.3. The van der Waals surface area contributed by atoms with Crippen molar-refractivity contribution in [3.05, 3.63) is 63.6 Å². The molecule has 0 bridgehead atoms. The number of nitriles is 1. The molecule has 1 heterocycles. The molecule has 0 saturated heterocycles. The number of imidazole rings is 1. The summed E-state index contributed by atoms with van der Waals surface area (Å²) < 4.78 is 0. The van der Waals surface area contributed by atoms with Crippen molar-refractivity contribution in [1.29, 1.82) is 5.26 Å². The van der Waals surface area contributed by atoms with E-state index in [9.17, 15) is 9.59 Å². The number of anilines is 1. The number of H-pyrrole nitrogens is 2. The number of carbonyl (C=O) groups is 1. The normalized spacial score (nSPS) is 10.4. The summed E-state index contributed by atoms with van der Waals surface area (Å²) in [5.74, 6) is -0.308. The molecule has 0 aliphatic carbocycles. The van der Waals surface area contributed by atoms with Gasteiger partial charge in [-0.25, -0.2) is 4.79 Å². The van der Waals surface area contributed by atoms with Gasteiger partial charge in [-0.15, -0.1) is 0 Å². The number of hydrogen-bond acceptors (Lipinski definition) is 3. The number of benzene rings is 2. The number of amides is 1. The molecule has 0 atom stereocenters. The van der Waals surface area contributed by atoms with E-state index in [0.717, 1.165) is 5.56 Å². The first kappa shape index (κ1) is 13.6. The van der Waals surface area contributed by atoms with Crippen LogP contribution in [0.5, 0.6) is 0 Å². The van der Waals surface area contributed by atoms with Crippen LogP contribution in [0.2, 0.25) is 0 Å². The van der Waals surface area contributed by atoms with Crippen LogP contribution in [0.4, 0.5) is 5.69 Å². The maximum Gasteiger partial charge on any atom is 0.323 e. The smallest absolute Gasteiger partial charge is 0.322 e. The fraction of sp³-hybridized carbons (Fsp3) is 0.0625. The minimum atomic E-state index is -0.308. The van der Waals surface area contributed by atoms with Crippen molar-refractivity contribution >= 4 is 22.6 Å². The summed E-state index contributed by atoms with van der Waals surface area (Å²) in [5.41, 5.74) is 3.28. The van der Waals surface area contributed by atoms with Crippen LogP contribution in [-0.2, 0) is 0 Å². The molecule has 6 nitrogen and oxygen atoms in total. The number of carbonyl (C=O) groups excluding carboxylic acids is 1. The largest absolute Gasteiger partial charge is 0.323 e. The average molecular weight is 292 g/mol. The van der Waals surface area contributed by atoms with Crippen molar-refractivity contribution < 1.29 is 4.79 Å². The first-order valence-electron chi connectivity index (χ1n) is 6.61. The quantitative estimate of drug-likeness (QED) is 0.675. The molecule has 0 unspecified atom stereocenters. The van der Waals surface area contributed by atoms with Gasteiger partial charge >= 0.3 is 5.69 Å². The SMILES string of the molecule is Cc1cc2[nH]c(=O)[nH]c2cc1NC(=O)c1cccc(C#N)c1. The maximum absolute atomic E-state index is 12.3. The fourth-order valence-corrected chi connectivity index (χ4v) is 2.25.